The molecule has 0 saturated heterocycles. The van der Waals surface area contributed by atoms with E-state index in [2.05, 4.69) is 4.72 Å². The molecule has 0 fully saturated rings. The number of benzene rings is 1. The van der Waals surface area contributed by atoms with Crippen LogP contribution in [0, 0.1) is 0 Å². The summed E-state index contributed by atoms with van der Waals surface area (Å²) in [5.41, 5.74) is 1.18. The van der Waals surface area contributed by atoms with Crippen LogP contribution in [-0.2, 0) is 16.6 Å². The summed E-state index contributed by atoms with van der Waals surface area (Å²) in [4.78, 5) is 0. The van der Waals surface area contributed by atoms with Crippen molar-refractivity contribution in [1.82, 2.24) is 0 Å². The van der Waals surface area contributed by atoms with Gasteiger partial charge < -0.3 is 5.11 Å². The third-order valence-corrected chi connectivity index (χ3v) is 3.35. The van der Waals surface area contributed by atoms with Crippen LogP contribution in [0.4, 0.5) is 5.69 Å². The van der Waals surface area contributed by atoms with E-state index in [1.54, 1.807) is 24.3 Å². The highest BCUT2D eigenvalue weighted by Crippen LogP contribution is 2.12. The molecule has 0 aliphatic carbocycles. The molecule has 1 rings (SSSR count). The molecule has 0 saturated carbocycles. The van der Waals surface area contributed by atoms with E-state index in [4.69, 9.17) is 5.11 Å². The minimum absolute atomic E-state index is 0.0939. The zero-order valence-corrected chi connectivity index (χ0v) is 9.42. The Balaban J connectivity index is 2.80. The molecular formula is C10H15NO3S. The molecule has 1 aromatic rings. The quantitative estimate of drug-likeness (QED) is 0.800. The molecule has 15 heavy (non-hydrogen) atoms. The van der Waals surface area contributed by atoms with Crippen LogP contribution in [0.5, 0.6) is 0 Å². The lowest BCUT2D eigenvalue weighted by Gasteiger charge is -2.07. The van der Waals surface area contributed by atoms with Crippen LogP contribution in [0.25, 0.3) is 0 Å². The molecule has 0 radical (unpaired) electrons. The SMILES string of the molecule is CCCS(=O)(=O)Nc1cccc(CO)c1. The van der Waals surface area contributed by atoms with Crippen LogP contribution in [0.2, 0.25) is 0 Å². The lowest BCUT2D eigenvalue weighted by atomic mass is 10.2. The third kappa shape index (κ3) is 3.89. The summed E-state index contributed by atoms with van der Waals surface area (Å²) in [6.45, 7) is 1.72. The second-order valence-corrected chi connectivity index (χ2v) is 5.12. The van der Waals surface area contributed by atoms with Crippen LogP contribution in [0.1, 0.15) is 18.9 Å². The van der Waals surface area contributed by atoms with Crippen molar-refractivity contribution in [3.8, 4) is 0 Å². The van der Waals surface area contributed by atoms with Crippen molar-refractivity contribution in [2.24, 2.45) is 0 Å². The topological polar surface area (TPSA) is 66.4 Å². The van der Waals surface area contributed by atoms with Crippen molar-refractivity contribution in [2.75, 3.05) is 10.5 Å². The fraction of sp³-hybridized carbons (Fsp3) is 0.400. The Morgan fingerprint density at radius 1 is 1.40 bits per heavy atom. The van der Waals surface area contributed by atoms with Crippen molar-refractivity contribution in [3.05, 3.63) is 29.8 Å². The largest absolute Gasteiger partial charge is 0.392 e. The van der Waals surface area contributed by atoms with Gasteiger partial charge in [0.15, 0.2) is 0 Å². The van der Waals surface area contributed by atoms with Crippen molar-refractivity contribution in [1.29, 1.82) is 0 Å². The highest BCUT2D eigenvalue weighted by molar-refractivity contribution is 7.92. The Morgan fingerprint density at radius 3 is 2.73 bits per heavy atom. The van der Waals surface area contributed by atoms with Crippen molar-refractivity contribution >= 4 is 15.7 Å². The van der Waals surface area contributed by atoms with Crippen LogP contribution in [0.15, 0.2) is 24.3 Å². The molecule has 1 aromatic carbocycles. The van der Waals surface area contributed by atoms with Gasteiger partial charge in [-0.1, -0.05) is 19.1 Å². The third-order valence-electron chi connectivity index (χ3n) is 1.86. The van der Waals surface area contributed by atoms with Crippen molar-refractivity contribution in [3.63, 3.8) is 0 Å². The van der Waals surface area contributed by atoms with Crippen LogP contribution in [-0.4, -0.2) is 19.3 Å². The van der Waals surface area contributed by atoms with Crippen molar-refractivity contribution in [2.45, 2.75) is 20.0 Å². The number of nitrogens with one attached hydrogen (secondary N) is 1. The summed E-state index contributed by atoms with van der Waals surface area (Å²) in [5, 5.41) is 8.89. The van der Waals surface area contributed by atoms with Gasteiger partial charge in [0, 0.05) is 5.69 Å². The first-order chi connectivity index (χ1) is 7.07. The lowest BCUT2D eigenvalue weighted by Crippen LogP contribution is -2.16. The predicted octanol–water partition coefficient (Wildman–Crippen LogP) is 1.33. The molecule has 84 valence electrons. The summed E-state index contributed by atoms with van der Waals surface area (Å²) < 4.78 is 25.3. The van der Waals surface area contributed by atoms with E-state index in [9.17, 15) is 8.42 Å². The molecule has 0 atom stereocenters. The molecule has 5 heteroatoms. The van der Waals surface area contributed by atoms with E-state index in [0.717, 1.165) is 0 Å². The molecule has 0 spiro atoms. The van der Waals surface area contributed by atoms with E-state index < -0.39 is 10.0 Å². The molecule has 0 aromatic heterocycles. The second kappa shape index (κ2) is 5.14. The normalized spacial score (nSPS) is 11.3. The average molecular weight is 229 g/mol. The maximum atomic E-state index is 11.4. The molecular weight excluding hydrogens is 214 g/mol. The fourth-order valence-electron chi connectivity index (χ4n) is 1.23. The van der Waals surface area contributed by atoms with Gasteiger partial charge in [0.1, 0.15) is 0 Å². The summed E-state index contributed by atoms with van der Waals surface area (Å²) in [6, 6.07) is 6.71. The zero-order valence-electron chi connectivity index (χ0n) is 8.60. The fourth-order valence-corrected chi connectivity index (χ4v) is 2.36. The Bertz CT molecular complexity index is 414. The standard InChI is InChI=1S/C10H15NO3S/c1-2-6-15(13,14)11-10-5-3-4-9(7-10)8-12/h3-5,7,11-12H,2,6,8H2,1H3. The summed E-state index contributed by atoms with van der Waals surface area (Å²) >= 11 is 0. The van der Waals surface area contributed by atoms with Crippen molar-refractivity contribution < 1.29 is 13.5 Å². The van der Waals surface area contributed by atoms with Gasteiger partial charge in [-0.25, -0.2) is 8.42 Å². The molecule has 2 N–H and O–H groups in total. The maximum absolute atomic E-state index is 11.4. The van der Waals surface area contributed by atoms with Gasteiger partial charge in [0.25, 0.3) is 0 Å². The molecule has 0 aliphatic rings. The number of rotatable bonds is 5. The number of sulfonamides is 1. The Labute approximate surface area is 90.0 Å². The Hall–Kier alpha value is -1.07. The van der Waals surface area contributed by atoms with Gasteiger partial charge in [-0.3, -0.25) is 4.72 Å². The molecule has 0 aliphatic heterocycles. The number of hydrogen-bond acceptors (Lipinski definition) is 3. The van der Waals surface area contributed by atoms with E-state index in [1.807, 2.05) is 6.92 Å². The highest BCUT2D eigenvalue weighted by Gasteiger charge is 2.08. The van der Waals surface area contributed by atoms with Crippen LogP contribution < -0.4 is 4.72 Å². The zero-order chi connectivity index (χ0) is 11.3. The highest BCUT2D eigenvalue weighted by atomic mass is 32.2. The predicted molar refractivity (Wildman–Crippen MR) is 60.1 cm³/mol. The van der Waals surface area contributed by atoms with Gasteiger partial charge in [0.05, 0.1) is 12.4 Å². The first-order valence-electron chi connectivity index (χ1n) is 4.77. The summed E-state index contributed by atoms with van der Waals surface area (Å²) in [5.74, 6) is 0.107. The van der Waals surface area contributed by atoms with E-state index in [1.165, 1.54) is 0 Å². The van der Waals surface area contributed by atoms with Crippen LogP contribution >= 0.6 is 0 Å². The van der Waals surface area contributed by atoms with Gasteiger partial charge in [-0.15, -0.1) is 0 Å². The number of anilines is 1. The minimum atomic E-state index is -3.24. The van der Waals surface area contributed by atoms with E-state index in [-0.39, 0.29) is 12.4 Å². The summed E-state index contributed by atoms with van der Waals surface area (Å²) in [7, 11) is -3.24. The first-order valence-corrected chi connectivity index (χ1v) is 6.43. The average Bonchev–Trinajstić information content (AvgIpc) is 2.17. The monoisotopic (exact) mass is 229 g/mol. The number of aliphatic hydroxyl groups excluding tert-OH is 1. The molecule has 0 bridgehead atoms. The number of aliphatic hydroxyl groups is 1. The minimum Gasteiger partial charge on any atom is -0.392 e. The first kappa shape index (κ1) is 12.0. The molecule has 4 nitrogen and oxygen atoms in total. The van der Waals surface area contributed by atoms with E-state index in [0.29, 0.717) is 17.7 Å². The smallest absolute Gasteiger partial charge is 0.232 e. The maximum Gasteiger partial charge on any atom is 0.232 e. The molecule has 0 amide bonds. The van der Waals surface area contributed by atoms with Gasteiger partial charge in [-0.05, 0) is 24.1 Å². The Morgan fingerprint density at radius 2 is 2.13 bits per heavy atom. The van der Waals surface area contributed by atoms with Gasteiger partial charge in [0.2, 0.25) is 10.0 Å². The Kier molecular flexibility index (Phi) is 4.11. The lowest BCUT2D eigenvalue weighted by molar-refractivity contribution is 0.282. The molecule has 0 unspecified atom stereocenters. The second-order valence-electron chi connectivity index (χ2n) is 3.28. The van der Waals surface area contributed by atoms with Crippen LogP contribution in [0.3, 0.4) is 0 Å². The van der Waals surface area contributed by atoms with Gasteiger partial charge >= 0.3 is 0 Å². The van der Waals surface area contributed by atoms with E-state index >= 15 is 0 Å². The van der Waals surface area contributed by atoms with Gasteiger partial charge in [-0.2, -0.15) is 0 Å². The summed E-state index contributed by atoms with van der Waals surface area (Å²) in [6.07, 6.45) is 0.578. The molecule has 0 heterocycles. The number of hydrogen-bond donors (Lipinski definition) is 2.